The van der Waals surface area contributed by atoms with Gasteiger partial charge in [0.15, 0.2) is 0 Å². The van der Waals surface area contributed by atoms with Crippen LogP contribution in [0.3, 0.4) is 0 Å². The van der Waals surface area contributed by atoms with Crippen molar-refractivity contribution in [2.75, 3.05) is 13.1 Å². The topological polar surface area (TPSA) is 72.3 Å². The summed E-state index contributed by atoms with van der Waals surface area (Å²) < 4.78 is 55.1. The molecule has 194 valence electrons. The monoisotopic (exact) mass is 512 g/mol. The Hall–Kier alpha value is -3.95. The van der Waals surface area contributed by atoms with Gasteiger partial charge in [0.2, 0.25) is 0 Å². The van der Waals surface area contributed by atoms with Gasteiger partial charge in [-0.05, 0) is 55.7 Å². The number of benzene rings is 1. The largest absolute Gasteiger partial charge is 0.419 e. The summed E-state index contributed by atoms with van der Waals surface area (Å²) in [5, 5.41) is 0. The lowest BCUT2D eigenvalue weighted by Crippen LogP contribution is -2.34. The van der Waals surface area contributed by atoms with E-state index in [1.54, 1.807) is 18.6 Å². The molecule has 0 bridgehead atoms. The van der Waals surface area contributed by atoms with Crippen LogP contribution in [0.25, 0.3) is 16.8 Å². The van der Waals surface area contributed by atoms with Crippen molar-refractivity contribution in [3.05, 3.63) is 90.2 Å². The number of aliphatic imine (C=N–C) groups is 1. The molecule has 4 rings (SSSR count). The lowest BCUT2D eigenvalue weighted by Gasteiger charge is -2.35. The first-order valence-corrected chi connectivity index (χ1v) is 11.8. The van der Waals surface area contributed by atoms with Gasteiger partial charge >= 0.3 is 6.18 Å². The molecule has 10 heteroatoms. The number of alkyl halides is 3. The maximum Gasteiger partial charge on any atom is 0.419 e. The van der Waals surface area contributed by atoms with Gasteiger partial charge in [0, 0.05) is 67.7 Å². The second-order valence-electron chi connectivity index (χ2n) is 8.94. The van der Waals surface area contributed by atoms with Crippen molar-refractivity contribution in [1.82, 2.24) is 19.4 Å². The minimum atomic E-state index is -4.77. The van der Waals surface area contributed by atoms with Crippen LogP contribution in [0.4, 0.5) is 17.6 Å². The van der Waals surface area contributed by atoms with E-state index in [4.69, 9.17) is 5.73 Å². The minimum Gasteiger partial charge on any atom is -0.383 e. The van der Waals surface area contributed by atoms with Gasteiger partial charge in [0.05, 0.1) is 11.3 Å². The minimum absolute atomic E-state index is 0.119. The van der Waals surface area contributed by atoms with Gasteiger partial charge in [0.25, 0.3) is 0 Å². The molecule has 2 N–H and O–H groups in total. The summed E-state index contributed by atoms with van der Waals surface area (Å²) in [4.78, 5) is 15.2. The van der Waals surface area contributed by atoms with Crippen molar-refractivity contribution in [3.63, 3.8) is 0 Å². The van der Waals surface area contributed by atoms with Crippen LogP contribution in [0.15, 0.2) is 72.4 Å². The van der Waals surface area contributed by atoms with Gasteiger partial charge < -0.3 is 15.2 Å². The number of pyridine rings is 1. The average Bonchev–Trinajstić information content (AvgIpc) is 3.26. The van der Waals surface area contributed by atoms with E-state index in [0.29, 0.717) is 11.5 Å². The molecule has 0 unspecified atom stereocenters. The number of nitrogens with two attached hydrogens (primary N) is 1. The lowest BCUT2D eigenvalue weighted by atomic mass is 9.94. The van der Waals surface area contributed by atoms with Crippen molar-refractivity contribution >= 4 is 11.4 Å². The number of imidazole rings is 1. The SMILES string of the molecule is C=C/N=C(N)\C(=C(/C)N1CCC(c2nc(-c3ccc(F)c(C(F)(F)F)c3)cn2C)CC1)c1ccncc1. The van der Waals surface area contributed by atoms with Crippen molar-refractivity contribution in [1.29, 1.82) is 0 Å². The number of rotatable bonds is 6. The Morgan fingerprint density at radius 2 is 1.84 bits per heavy atom. The molecule has 1 aromatic carbocycles. The first kappa shape index (κ1) is 26.1. The fraction of sp³-hybridized carbons (Fsp3) is 0.296. The first-order chi connectivity index (χ1) is 17.6. The third kappa shape index (κ3) is 5.58. The number of likely N-dealkylation sites (tertiary alicyclic amines) is 1. The highest BCUT2D eigenvalue weighted by atomic mass is 19.4. The van der Waals surface area contributed by atoms with Crippen molar-refractivity contribution < 1.29 is 17.6 Å². The summed E-state index contributed by atoms with van der Waals surface area (Å²) in [5.74, 6) is -0.0228. The Kier molecular flexibility index (Phi) is 7.47. The number of nitrogens with zero attached hydrogens (tertiary/aromatic N) is 5. The van der Waals surface area contributed by atoms with Crippen LogP contribution < -0.4 is 5.73 Å². The van der Waals surface area contributed by atoms with E-state index < -0.39 is 17.6 Å². The fourth-order valence-electron chi connectivity index (χ4n) is 4.76. The number of hydrogen-bond acceptors (Lipinski definition) is 4. The summed E-state index contributed by atoms with van der Waals surface area (Å²) in [7, 11) is 1.82. The van der Waals surface area contributed by atoms with Gasteiger partial charge in [-0.3, -0.25) is 4.98 Å². The third-order valence-corrected chi connectivity index (χ3v) is 6.63. The smallest absolute Gasteiger partial charge is 0.383 e. The quantitative estimate of drug-likeness (QED) is 0.259. The zero-order valence-corrected chi connectivity index (χ0v) is 20.6. The normalized spacial score (nSPS) is 16.1. The van der Waals surface area contributed by atoms with Crippen LogP contribution in [0.5, 0.6) is 0 Å². The molecule has 2 aromatic heterocycles. The Morgan fingerprint density at radius 1 is 1.16 bits per heavy atom. The number of aromatic nitrogens is 3. The van der Waals surface area contributed by atoms with Crippen LogP contribution in [0, 0.1) is 5.82 Å². The summed E-state index contributed by atoms with van der Waals surface area (Å²) in [6.07, 6.45) is 3.31. The molecular formula is C27H28F4N6. The van der Waals surface area contributed by atoms with Crippen molar-refractivity contribution in [2.24, 2.45) is 17.8 Å². The summed E-state index contributed by atoms with van der Waals surface area (Å²) in [6, 6.07) is 6.73. The van der Waals surface area contributed by atoms with Crippen LogP contribution in [0.2, 0.25) is 0 Å². The molecule has 3 aromatic rings. The lowest BCUT2D eigenvalue weighted by molar-refractivity contribution is -0.139. The Morgan fingerprint density at radius 3 is 2.46 bits per heavy atom. The predicted molar refractivity (Wildman–Crippen MR) is 136 cm³/mol. The van der Waals surface area contributed by atoms with Gasteiger partial charge in [-0.25, -0.2) is 14.4 Å². The van der Waals surface area contributed by atoms with E-state index in [0.717, 1.165) is 60.7 Å². The van der Waals surface area contributed by atoms with Crippen molar-refractivity contribution in [3.8, 4) is 11.3 Å². The predicted octanol–water partition coefficient (Wildman–Crippen LogP) is 5.75. The Bertz CT molecular complexity index is 1330. The molecule has 1 aliphatic heterocycles. The molecule has 1 saturated heterocycles. The highest BCUT2D eigenvalue weighted by Crippen LogP contribution is 2.36. The maximum atomic E-state index is 13.7. The molecule has 0 amide bonds. The summed E-state index contributed by atoms with van der Waals surface area (Å²) >= 11 is 0. The molecule has 1 aliphatic rings. The number of halogens is 4. The average molecular weight is 513 g/mol. The first-order valence-electron chi connectivity index (χ1n) is 11.8. The number of piperidine rings is 1. The van der Waals surface area contributed by atoms with Crippen LogP contribution >= 0.6 is 0 Å². The molecule has 0 atom stereocenters. The van der Waals surface area contributed by atoms with E-state index in [9.17, 15) is 17.6 Å². The van der Waals surface area contributed by atoms with Gasteiger partial charge in [-0.2, -0.15) is 13.2 Å². The highest BCUT2D eigenvalue weighted by molar-refractivity contribution is 6.22. The maximum absolute atomic E-state index is 13.7. The Labute approximate surface area is 212 Å². The number of hydrogen-bond donors (Lipinski definition) is 1. The Balaban J connectivity index is 1.56. The number of aryl methyl sites for hydroxylation is 1. The second kappa shape index (κ2) is 10.6. The fourth-order valence-corrected chi connectivity index (χ4v) is 4.76. The summed E-state index contributed by atoms with van der Waals surface area (Å²) in [5.41, 5.74) is 8.30. The van der Waals surface area contributed by atoms with Crippen molar-refractivity contribution in [2.45, 2.75) is 31.9 Å². The van der Waals surface area contributed by atoms with E-state index in [2.05, 4.69) is 26.4 Å². The van der Waals surface area contributed by atoms with E-state index in [1.807, 2.05) is 30.7 Å². The third-order valence-electron chi connectivity index (χ3n) is 6.63. The van der Waals surface area contributed by atoms with E-state index >= 15 is 0 Å². The zero-order chi connectivity index (χ0) is 26.7. The standard InChI is InChI=1S/C27H28F4N6/c1-4-34-25(32)24(18-7-11-33-12-8-18)17(2)37-13-9-19(10-14-37)26-35-23(16-36(26)3)20-5-6-22(28)21(15-20)27(29,30)31/h4-8,11-12,15-16,19H,1,9-10,13-14H2,2-3H3,(H2,32,34)/b24-17+. The molecular weight excluding hydrogens is 484 g/mol. The molecule has 0 spiro atoms. The van der Waals surface area contributed by atoms with Gasteiger partial charge in [-0.1, -0.05) is 6.58 Å². The summed E-state index contributed by atoms with van der Waals surface area (Å²) in [6.45, 7) is 7.13. The van der Waals surface area contributed by atoms with E-state index in [-0.39, 0.29) is 11.5 Å². The molecule has 0 saturated carbocycles. The van der Waals surface area contributed by atoms with E-state index in [1.165, 1.54) is 12.3 Å². The van der Waals surface area contributed by atoms with Crippen LogP contribution in [-0.2, 0) is 13.2 Å². The molecule has 0 aliphatic carbocycles. The van der Waals surface area contributed by atoms with Crippen LogP contribution in [0.1, 0.15) is 42.6 Å². The van der Waals surface area contributed by atoms with Gasteiger partial charge in [0.1, 0.15) is 17.5 Å². The zero-order valence-electron chi connectivity index (χ0n) is 20.6. The second-order valence-corrected chi connectivity index (χ2v) is 8.94. The number of allylic oxidation sites excluding steroid dienone is 1. The number of amidine groups is 1. The van der Waals surface area contributed by atoms with Gasteiger partial charge in [-0.15, -0.1) is 0 Å². The highest BCUT2D eigenvalue weighted by Gasteiger charge is 2.34. The molecule has 37 heavy (non-hydrogen) atoms. The molecule has 0 radical (unpaired) electrons. The molecule has 6 nitrogen and oxygen atoms in total. The molecule has 3 heterocycles. The molecule has 1 fully saturated rings. The van der Waals surface area contributed by atoms with Crippen LogP contribution in [-0.4, -0.2) is 38.4 Å².